The number of para-hydroxylation sites is 1. The average molecular weight is 405 g/mol. The molecule has 2 aromatic heterocycles. The first-order valence-electron chi connectivity index (χ1n) is 9.42. The standard InChI is InChI=1S/C21H19N5O2S/c1-27-17-9-5-6-15(12-17)19-22-18(28-25-19)13-29-21-23-20(14-10-11-14)26(24-21)16-7-3-2-4-8-16/h2-9,12,14H,10-11,13H2,1H3. The lowest BCUT2D eigenvalue weighted by Crippen LogP contribution is -2.01. The van der Waals surface area contributed by atoms with Crippen LogP contribution in [-0.4, -0.2) is 32.0 Å². The van der Waals surface area contributed by atoms with Gasteiger partial charge in [-0.2, -0.15) is 4.98 Å². The predicted molar refractivity (Wildman–Crippen MR) is 109 cm³/mol. The summed E-state index contributed by atoms with van der Waals surface area (Å²) in [5, 5.41) is 9.51. The van der Waals surface area contributed by atoms with E-state index in [0.717, 1.165) is 28.0 Å². The number of ether oxygens (including phenoxy) is 1. The molecule has 0 atom stereocenters. The molecule has 29 heavy (non-hydrogen) atoms. The van der Waals surface area contributed by atoms with Crippen LogP contribution in [0.15, 0.2) is 64.3 Å². The molecule has 1 fully saturated rings. The van der Waals surface area contributed by atoms with Gasteiger partial charge in [0.15, 0.2) is 0 Å². The summed E-state index contributed by atoms with van der Waals surface area (Å²) in [7, 11) is 1.63. The number of hydrogen-bond acceptors (Lipinski definition) is 7. The van der Waals surface area contributed by atoms with Crippen LogP contribution in [0.25, 0.3) is 17.1 Å². The van der Waals surface area contributed by atoms with Crippen molar-refractivity contribution < 1.29 is 9.26 Å². The Kier molecular flexibility index (Phi) is 4.77. The average Bonchev–Trinajstić information content (AvgIpc) is 3.35. The van der Waals surface area contributed by atoms with Gasteiger partial charge in [-0.15, -0.1) is 5.10 Å². The fraction of sp³-hybridized carbons (Fsp3) is 0.238. The number of hydrogen-bond donors (Lipinski definition) is 0. The topological polar surface area (TPSA) is 78.9 Å². The molecule has 1 aliphatic carbocycles. The zero-order valence-corrected chi connectivity index (χ0v) is 16.7. The molecular weight excluding hydrogens is 386 g/mol. The molecule has 0 radical (unpaired) electrons. The molecule has 0 amide bonds. The SMILES string of the molecule is COc1cccc(-c2noc(CSc3nc(C4CC4)n(-c4ccccc4)n3)n2)c1. The zero-order chi connectivity index (χ0) is 19.6. The maximum atomic E-state index is 5.41. The van der Waals surface area contributed by atoms with Crippen molar-refractivity contribution in [3.63, 3.8) is 0 Å². The van der Waals surface area contributed by atoms with E-state index < -0.39 is 0 Å². The normalized spacial score (nSPS) is 13.6. The summed E-state index contributed by atoms with van der Waals surface area (Å²) in [4.78, 5) is 9.25. The maximum Gasteiger partial charge on any atom is 0.237 e. The van der Waals surface area contributed by atoms with Gasteiger partial charge in [0.2, 0.25) is 16.9 Å². The first-order valence-corrected chi connectivity index (χ1v) is 10.4. The van der Waals surface area contributed by atoms with Crippen LogP contribution in [-0.2, 0) is 5.75 Å². The van der Waals surface area contributed by atoms with Crippen LogP contribution in [0.4, 0.5) is 0 Å². The van der Waals surface area contributed by atoms with Crippen LogP contribution in [0.2, 0.25) is 0 Å². The minimum Gasteiger partial charge on any atom is -0.497 e. The van der Waals surface area contributed by atoms with E-state index >= 15 is 0 Å². The molecule has 2 heterocycles. The minimum atomic E-state index is 0.500. The molecule has 0 N–H and O–H groups in total. The Morgan fingerprint density at radius 2 is 1.97 bits per heavy atom. The van der Waals surface area contributed by atoms with Gasteiger partial charge >= 0.3 is 0 Å². The second kappa shape index (κ2) is 7.71. The van der Waals surface area contributed by atoms with E-state index in [9.17, 15) is 0 Å². The van der Waals surface area contributed by atoms with Crippen molar-refractivity contribution in [3.8, 4) is 22.8 Å². The number of rotatable bonds is 7. The summed E-state index contributed by atoms with van der Waals surface area (Å²) in [5.41, 5.74) is 1.89. The van der Waals surface area contributed by atoms with Crippen LogP contribution >= 0.6 is 11.8 Å². The minimum absolute atomic E-state index is 0.500. The molecule has 146 valence electrons. The molecule has 1 aliphatic rings. The summed E-state index contributed by atoms with van der Waals surface area (Å²) in [6.45, 7) is 0. The quantitative estimate of drug-likeness (QED) is 0.419. The highest BCUT2D eigenvalue weighted by Gasteiger charge is 2.30. The molecule has 0 spiro atoms. The Morgan fingerprint density at radius 1 is 1.10 bits per heavy atom. The molecule has 7 nitrogen and oxygen atoms in total. The van der Waals surface area contributed by atoms with Gasteiger partial charge in [-0.25, -0.2) is 9.67 Å². The van der Waals surface area contributed by atoms with Gasteiger partial charge in [0.1, 0.15) is 11.6 Å². The Hall–Kier alpha value is -3.13. The van der Waals surface area contributed by atoms with Gasteiger partial charge in [-0.1, -0.05) is 47.3 Å². The molecular formula is C21H19N5O2S. The summed E-state index contributed by atoms with van der Waals surface area (Å²) in [5.74, 6) is 3.88. The molecule has 5 rings (SSSR count). The molecule has 2 aromatic carbocycles. The van der Waals surface area contributed by atoms with E-state index in [1.807, 2.05) is 59.3 Å². The van der Waals surface area contributed by atoms with Gasteiger partial charge in [0.25, 0.3) is 0 Å². The fourth-order valence-electron chi connectivity index (χ4n) is 3.05. The number of nitrogens with zero attached hydrogens (tertiary/aromatic N) is 5. The smallest absolute Gasteiger partial charge is 0.237 e. The maximum absolute atomic E-state index is 5.41. The van der Waals surface area contributed by atoms with Crippen LogP contribution in [0.3, 0.4) is 0 Å². The monoisotopic (exact) mass is 405 g/mol. The van der Waals surface area contributed by atoms with Crippen molar-refractivity contribution >= 4 is 11.8 Å². The molecule has 0 saturated heterocycles. The molecule has 0 unspecified atom stereocenters. The molecule has 0 aliphatic heterocycles. The summed E-state index contributed by atoms with van der Waals surface area (Å²) >= 11 is 1.50. The lowest BCUT2D eigenvalue weighted by Gasteiger charge is -2.03. The van der Waals surface area contributed by atoms with E-state index in [0.29, 0.717) is 23.4 Å². The lowest BCUT2D eigenvalue weighted by atomic mass is 10.2. The van der Waals surface area contributed by atoms with Crippen LogP contribution in [0, 0.1) is 0 Å². The second-order valence-corrected chi connectivity index (χ2v) is 7.75. The van der Waals surface area contributed by atoms with Crippen molar-refractivity contribution in [3.05, 3.63) is 66.3 Å². The molecule has 0 bridgehead atoms. The second-order valence-electron chi connectivity index (χ2n) is 6.81. The van der Waals surface area contributed by atoms with Gasteiger partial charge < -0.3 is 9.26 Å². The van der Waals surface area contributed by atoms with Crippen LogP contribution < -0.4 is 4.74 Å². The van der Waals surface area contributed by atoms with E-state index in [1.54, 1.807) is 7.11 Å². The summed E-state index contributed by atoms with van der Waals surface area (Å²) in [6, 6.07) is 17.7. The van der Waals surface area contributed by atoms with Gasteiger partial charge in [0, 0.05) is 11.5 Å². The zero-order valence-electron chi connectivity index (χ0n) is 15.9. The largest absolute Gasteiger partial charge is 0.497 e. The van der Waals surface area contributed by atoms with Gasteiger partial charge in [-0.05, 0) is 37.1 Å². The number of methoxy groups -OCH3 is 1. The van der Waals surface area contributed by atoms with Gasteiger partial charge in [-0.3, -0.25) is 0 Å². The fourth-order valence-corrected chi connectivity index (χ4v) is 3.72. The number of aromatic nitrogens is 5. The number of benzene rings is 2. The van der Waals surface area contributed by atoms with E-state index in [4.69, 9.17) is 19.3 Å². The Balaban J connectivity index is 1.32. The van der Waals surface area contributed by atoms with Crippen molar-refractivity contribution in [2.24, 2.45) is 0 Å². The van der Waals surface area contributed by atoms with Crippen molar-refractivity contribution in [1.29, 1.82) is 0 Å². The van der Waals surface area contributed by atoms with E-state index in [1.165, 1.54) is 24.6 Å². The summed E-state index contributed by atoms with van der Waals surface area (Å²) in [6.07, 6.45) is 2.34. The highest BCUT2D eigenvalue weighted by molar-refractivity contribution is 7.98. The van der Waals surface area contributed by atoms with E-state index in [-0.39, 0.29) is 0 Å². The highest BCUT2D eigenvalue weighted by Crippen LogP contribution is 2.40. The van der Waals surface area contributed by atoms with Gasteiger partial charge in [0.05, 0.1) is 18.6 Å². The molecule has 1 saturated carbocycles. The van der Waals surface area contributed by atoms with E-state index in [2.05, 4.69) is 10.1 Å². The Morgan fingerprint density at radius 3 is 2.76 bits per heavy atom. The van der Waals surface area contributed by atoms with Crippen molar-refractivity contribution in [1.82, 2.24) is 24.9 Å². The van der Waals surface area contributed by atoms with Crippen molar-refractivity contribution in [2.45, 2.75) is 29.7 Å². The van der Waals surface area contributed by atoms with Crippen LogP contribution in [0.1, 0.15) is 30.5 Å². The number of thioether (sulfide) groups is 1. The first-order chi connectivity index (χ1) is 14.3. The Bertz CT molecular complexity index is 1120. The third-order valence-corrected chi connectivity index (χ3v) is 5.50. The van der Waals surface area contributed by atoms with Crippen LogP contribution in [0.5, 0.6) is 5.75 Å². The highest BCUT2D eigenvalue weighted by atomic mass is 32.2. The lowest BCUT2D eigenvalue weighted by molar-refractivity contribution is 0.391. The molecule has 8 heteroatoms. The predicted octanol–water partition coefficient (Wildman–Crippen LogP) is 4.50. The molecule has 4 aromatic rings. The summed E-state index contributed by atoms with van der Waals surface area (Å²) < 4.78 is 12.6. The third kappa shape index (κ3) is 3.88. The van der Waals surface area contributed by atoms with Crippen molar-refractivity contribution in [2.75, 3.05) is 7.11 Å². The third-order valence-electron chi connectivity index (χ3n) is 4.68. The first kappa shape index (κ1) is 17.9. The Labute approximate surface area is 172 Å².